The highest BCUT2D eigenvalue weighted by molar-refractivity contribution is 5.97. The summed E-state index contributed by atoms with van der Waals surface area (Å²) < 4.78 is 115. The van der Waals surface area contributed by atoms with Crippen LogP contribution in [0.4, 0.5) is 42.2 Å². The number of pyridine rings is 1. The van der Waals surface area contributed by atoms with Crippen molar-refractivity contribution in [2.45, 2.75) is 88.7 Å². The molecule has 48 heavy (non-hydrogen) atoms. The Morgan fingerprint density at radius 2 is 1.92 bits per heavy atom. The van der Waals surface area contributed by atoms with Gasteiger partial charge in [-0.1, -0.05) is 0 Å². The number of nitrogens with zero attached hydrogens (tertiary/aromatic N) is 5. The second-order valence-corrected chi connectivity index (χ2v) is 13.2. The minimum absolute atomic E-state index is 0.00656. The molecule has 0 aliphatic carbocycles. The number of anilines is 2. The number of nitrogens with one attached hydrogen (secondary N) is 1. The first kappa shape index (κ1) is 32.9. The van der Waals surface area contributed by atoms with Gasteiger partial charge in [0.25, 0.3) is 0 Å². The van der Waals surface area contributed by atoms with E-state index in [2.05, 4.69) is 20.3 Å². The number of nitrogens with two attached hydrogens (primary N) is 1. The normalized spacial score (nSPS) is 26.0. The van der Waals surface area contributed by atoms with E-state index in [4.69, 9.17) is 15.2 Å². The van der Waals surface area contributed by atoms with Crippen LogP contribution in [0.25, 0.3) is 22.2 Å². The van der Waals surface area contributed by atoms with Crippen LogP contribution in [0, 0.1) is 18.6 Å². The first-order valence-corrected chi connectivity index (χ1v) is 16.2. The summed E-state index contributed by atoms with van der Waals surface area (Å²) in [5, 5.41) is 3.64. The van der Waals surface area contributed by atoms with Crippen molar-refractivity contribution in [3.63, 3.8) is 0 Å². The first-order chi connectivity index (χ1) is 22.8. The highest BCUT2D eigenvalue weighted by Crippen LogP contribution is 2.47. The number of hydrogen-bond acceptors (Lipinski definition) is 9. The van der Waals surface area contributed by atoms with E-state index in [0.717, 1.165) is 19.8 Å². The van der Waals surface area contributed by atoms with E-state index in [1.54, 1.807) is 11.8 Å². The van der Waals surface area contributed by atoms with Gasteiger partial charge in [-0.25, -0.2) is 22.5 Å². The molecule has 3 aromatic rings. The lowest BCUT2D eigenvalue weighted by Gasteiger charge is -2.42. The Bertz CT molecular complexity index is 1730. The molecule has 4 aliphatic rings. The maximum atomic E-state index is 16.6. The molecule has 4 aliphatic heterocycles. The molecule has 0 amide bonds. The molecular weight excluding hydrogens is 647 g/mol. The number of fused-ring (bicyclic) bond motifs is 5. The third-order valence-electron chi connectivity index (χ3n) is 9.86. The summed E-state index contributed by atoms with van der Waals surface area (Å²) in [6.07, 6.45) is -5.27. The maximum Gasteiger partial charge on any atom is 0.417 e. The molecule has 260 valence electrons. The minimum atomic E-state index is -5.08. The zero-order chi connectivity index (χ0) is 34.1. The van der Waals surface area contributed by atoms with E-state index in [0.29, 0.717) is 25.6 Å². The number of piperazine rings is 1. The van der Waals surface area contributed by atoms with Gasteiger partial charge in [0.2, 0.25) is 5.88 Å². The molecule has 16 heteroatoms. The topological polar surface area (TPSA) is 102 Å². The molecule has 6 atom stereocenters. The summed E-state index contributed by atoms with van der Waals surface area (Å²) in [5.74, 6) is -2.39. The van der Waals surface area contributed by atoms with Gasteiger partial charge in [0.15, 0.2) is 5.82 Å². The van der Waals surface area contributed by atoms with E-state index >= 15 is 4.39 Å². The lowest BCUT2D eigenvalue weighted by molar-refractivity contribution is -0.137. The van der Waals surface area contributed by atoms with Crippen LogP contribution in [0.2, 0.25) is 0 Å². The predicted octanol–water partition coefficient (Wildman–Crippen LogP) is 5.51. The molecule has 3 fully saturated rings. The average molecular weight is 684 g/mol. The van der Waals surface area contributed by atoms with Gasteiger partial charge in [0.05, 0.1) is 23.9 Å². The van der Waals surface area contributed by atoms with E-state index < -0.39 is 64.3 Å². The molecule has 6 heterocycles. The van der Waals surface area contributed by atoms with E-state index in [9.17, 15) is 26.3 Å². The Kier molecular flexibility index (Phi) is 8.45. The van der Waals surface area contributed by atoms with Crippen molar-refractivity contribution in [3.05, 3.63) is 28.8 Å². The molecule has 9 nitrogen and oxygen atoms in total. The zero-order valence-electron chi connectivity index (χ0n) is 26.4. The summed E-state index contributed by atoms with van der Waals surface area (Å²) >= 11 is 0. The molecule has 0 saturated carbocycles. The number of nitrogen functional groups attached to an aromatic ring is 1. The van der Waals surface area contributed by atoms with Crippen LogP contribution in [0.15, 0.2) is 6.07 Å². The largest absolute Gasteiger partial charge is 0.472 e. The molecule has 1 aromatic carbocycles. The molecule has 7 rings (SSSR count). The fourth-order valence-electron chi connectivity index (χ4n) is 7.70. The third kappa shape index (κ3) is 5.84. The van der Waals surface area contributed by atoms with Crippen LogP contribution in [-0.4, -0.2) is 89.2 Å². The standard InChI is InChI=1S/C32H36F7N7O2/c1-14-23(32(37,38)39)19(10-20(40)24(14)35)26-25(36)27-22-29(46-13-18-5-6-21(41-18)28(46)15(2)48-30(22)42-26)44-31(43-27)47-9-3-4-16(33)11-45-8-7-17(34)12-45/h10,15-18,21,28,41H,3-9,11-13,40H2,1-2H3/t15-,16+,17+,18+,21-,28+/m0/s1. The Hall–Kier alpha value is -3.66. The van der Waals surface area contributed by atoms with Gasteiger partial charge >= 0.3 is 12.2 Å². The van der Waals surface area contributed by atoms with Crippen LogP contribution in [0.3, 0.4) is 0 Å². The van der Waals surface area contributed by atoms with Crippen molar-refractivity contribution in [2.24, 2.45) is 0 Å². The van der Waals surface area contributed by atoms with E-state index in [1.165, 1.54) is 0 Å². The van der Waals surface area contributed by atoms with Crippen molar-refractivity contribution >= 4 is 22.4 Å². The number of aromatic nitrogens is 3. The number of halogens is 7. The molecule has 2 aromatic heterocycles. The Labute approximate surface area is 272 Å². The van der Waals surface area contributed by atoms with Gasteiger partial charge in [-0.2, -0.15) is 23.1 Å². The van der Waals surface area contributed by atoms with Crippen LogP contribution in [-0.2, 0) is 6.18 Å². The third-order valence-corrected chi connectivity index (χ3v) is 9.86. The predicted molar refractivity (Wildman–Crippen MR) is 164 cm³/mol. The van der Waals surface area contributed by atoms with Gasteiger partial charge in [0.1, 0.15) is 46.7 Å². The van der Waals surface area contributed by atoms with Crippen LogP contribution in [0.1, 0.15) is 50.2 Å². The fraction of sp³-hybridized carbons (Fsp3) is 0.594. The molecule has 3 N–H and O–H groups in total. The number of likely N-dealkylation sites (tertiary alicyclic amines) is 1. The molecule has 3 saturated heterocycles. The summed E-state index contributed by atoms with van der Waals surface area (Å²) in [4.78, 5) is 16.9. The lowest BCUT2D eigenvalue weighted by Crippen LogP contribution is -2.62. The van der Waals surface area contributed by atoms with E-state index in [1.807, 2.05) is 4.90 Å². The Morgan fingerprint density at radius 1 is 1.12 bits per heavy atom. The smallest absolute Gasteiger partial charge is 0.417 e. The summed E-state index contributed by atoms with van der Waals surface area (Å²) in [7, 11) is 0. The average Bonchev–Trinajstić information content (AvgIpc) is 3.58. The molecule has 0 spiro atoms. The van der Waals surface area contributed by atoms with Gasteiger partial charge in [-0.05, 0) is 57.6 Å². The second kappa shape index (κ2) is 12.3. The molecular formula is C32H36F7N7O2. The van der Waals surface area contributed by atoms with Crippen molar-refractivity contribution in [1.29, 1.82) is 0 Å². The lowest BCUT2D eigenvalue weighted by atomic mass is 9.96. The number of ether oxygens (including phenoxy) is 2. The highest BCUT2D eigenvalue weighted by atomic mass is 19.4. The number of rotatable bonds is 8. The summed E-state index contributed by atoms with van der Waals surface area (Å²) in [5.41, 5.74) is 0.994. The van der Waals surface area contributed by atoms with Gasteiger partial charge < -0.3 is 25.4 Å². The van der Waals surface area contributed by atoms with Crippen molar-refractivity contribution in [2.75, 3.05) is 43.4 Å². The van der Waals surface area contributed by atoms with Crippen LogP contribution >= 0.6 is 0 Å². The van der Waals surface area contributed by atoms with Crippen LogP contribution in [0.5, 0.6) is 11.9 Å². The van der Waals surface area contributed by atoms with Gasteiger partial charge in [-0.15, -0.1) is 0 Å². The summed E-state index contributed by atoms with van der Waals surface area (Å²) in [6, 6.07) is 0.291. The van der Waals surface area contributed by atoms with Crippen molar-refractivity contribution in [1.82, 2.24) is 25.2 Å². The van der Waals surface area contributed by atoms with Crippen molar-refractivity contribution < 1.29 is 40.2 Å². The van der Waals surface area contributed by atoms with Gasteiger partial charge in [0, 0.05) is 43.8 Å². The molecule has 0 radical (unpaired) electrons. The van der Waals surface area contributed by atoms with Crippen molar-refractivity contribution in [3.8, 4) is 23.1 Å². The maximum absolute atomic E-state index is 16.6. The Balaban J connectivity index is 1.29. The summed E-state index contributed by atoms with van der Waals surface area (Å²) in [6.45, 7) is 4.01. The number of alkyl halides is 5. The molecule has 0 unspecified atom stereocenters. The quantitative estimate of drug-likeness (QED) is 0.181. The first-order valence-electron chi connectivity index (χ1n) is 16.2. The molecule has 2 bridgehead atoms. The minimum Gasteiger partial charge on any atom is -0.472 e. The fourth-order valence-corrected chi connectivity index (χ4v) is 7.70. The SMILES string of the molecule is Cc1c(F)c(N)cc(-c2nc3c4c(nc(OCCC[C@@H](F)CN5CC[C@@H](F)C5)nc4c2F)N2C[C@H]4CC[C@H](N4)[C@H]2[C@H](C)O3)c1C(F)(F)F. The monoisotopic (exact) mass is 683 g/mol. The number of hydrogen-bond donors (Lipinski definition) is 2. The number of benzene rings is 1. The highest BCUT2D eigenvalue weighted by Gasteiger charge is 2.47. The van der Waals surface area contributed by atoms with Crippen LogP contribution < -0.4 is 25.4 Å². The van der Waals surface area contributed by atoms with E-state index in [-0.39, 0.29) is 79.3 Å². The second-order valence-electron chi connectivity index (χ2n) is 13.2. The Morgan fingerprint density at radius 3 is 2.65 bits per heavy atom. The van der Waals surface area contributed by atoms with Gasteiger partial charge in [-0.3, -0.25) is 4.90 Å². The zero-order valence-corrected chi connectivity index (χ0v) is 26.4.